The Morgan fingerprint density at radius 2 is 1.62 bits per heavy atom. The topological polar surface area (TPSA) is 238 Å². The van der Waals surface area contributed by atoms with E-state index in [0.29, 0.717) is 6.42 Å². The summed E-state index contributed by atoms with van der Waals surface area (Å²) in [4.78, 5) is 15.3. The van der Waals surface area contributed by atoms with Gasteiger partial charge >= 0.3 is 5.97 Å². The first-order valence-electron chi connectivity index (χ1n) is 7.14. The fraction of sp³-hybridized carbons (Fsp3) is 0.833. The Labute approximate surface area is 138 Å². The standard InChI is InChI=1S/C12H26N4O8/c13-5(2-1-3-16-12(14)15)10(22)24-11(23)9(21)8(20)7(19)6(18)4-17/h5-9,11,17-21,23H,1-4,13H2,(H4,14,15,16)/t5-,6+,7+,8-,9+,11?/m0/s1. The molecule has 0 rings (SSSR count). The van der Waals surface area contributed by atoms with Crippen LogP contribution in [-0.4, -0.2) is 92.5 Å². The summed E-state index contributed by atoms with van der Waals surface area (Å²) < 4.78 is 4.48. The summed E-state index contributed by atoms with van der Waals surface area (Å²) in [7, 11) is 0. The van der Waals surface area contributed by atoms with Crippen molar-refractivity contribution < 1.29 is 40.2 Å². The van der Waals surface area contributed by atoms with Crippen LogP contribution in [-0.2, 0) is 9.53 Å². The number of hydrogen-bond acceptors (Lipinski definition) is 10. The molecule has 0 fully saturated rings. The SMILES string of the molecule is NC(N)=NCCC[C@H](N)C(=O)OC(O)[C@H](O)[C@@H](O)[C@H](O)[C@H](O)CO. The van der Waals surface area contributed by atoms with Crippen molar-refractivity contribution >= 4 is 11.9 Å². The number of aliphatic hydroxyl groups is 6. The third-order valence-electron chi connectivity index (χ3n) is 3.08. The number of guanidine groups is 1. The fourth-order valence-electron chi connectivity index (χ4n) is 1.62. The van der Waals surface area contributed by atoms with Crippen LogP contribution in [0.1, 0.15) is 12.8 Å². The van der Waals surface area contributed by atoms with Crippen molar-refractivity contribution in [2.75, 3.05) is 13.2 Å². The van der Waals surface area contributed by atoms with E-state index in [0.717, 1.165) is 0 Å². The van der Waals surface area contributed by atoms with Crippen LogP contribution in [0.2, 0.25) is 0 Å². The largest absolute Gasteiger partial charge is 0.432 e. The second kappa shape index (κ2) is 11.1. The van der Waals surface area contributed by atoms with Crippen LogP contribution < -0.4 is 17.2 Å². The molecule has 0 aromatic carbocycles. The molecule has 0 heterocycles. The maximum absolute atomic E-state index is 11.6. The minimum atomic E-state index is -2.20. The Bertz CT molecular complexity index is 407. The molecule has 0 spiro atoms. The van der Waals surface area contributed by atoms with Gasteiger partial charge in [-0.05, 0) is 12.8 Å². The lowest BCUT2D eigenvalue weighted by Crippen LogP contribution is -2.51. The minimum Gasteiger partial charge on any atom is -0.432 e. The minimum absolute atomic E-state index is 0.109. The molecular weight excluding hydrogens is 328 g/mol. The number of aliphatic imine (C=N–C) groups is 1. The Kier molecular flexibility index (Phi) is 10.4. The van der Waals surface area contributed by atoms with E-state index in [-0.39, 0.29) is 18.9 Å². The molecule has 6 atom stereocenters. The van der Waals surface area contributed by atoms with Gasteiger partial charge < -0.3 is 52.6 Å². The van der Waals surface area contributed by atoms with Gasteiger partial charge in [0.1, 0.15) is 30.5 Å². The van der Waals surface area contributed by atoms with Gasteiger partial charge in [0.25, 0.3) is 0 Å². The van der Waals surface area contributed by atoms with Crippen LogP contribution in [0.3, 0.4) is 0 Å². The summed E-state index contributed by atoms with van der Waals surface area (Å²) in [5.41, 5.74) is 15.8. The quantitative estimate of drug-likeness (QED) is 0.0557. The first kappa shape index (κ1) is 22.5. The van der Waals surface area contributed by atoms with E-state index in [1.54, 1.807) is 0 Å². The highest BCUT2D eigenvalue weighted by atomic mass is 16.6. The lowest BCUT2D eigenvalue weighted by molar-refractivity contribution is -0.214. The molecule has 0 aliphatic heterocycles. The Hall–Kier alpha value is -1.54. The van der Waals surface area contributed by atoms with Crippen LogP contribution in [0.4, 0.5) is 0 Å². The molecule has 0 radical (unpaired) electrons. The third-order valence-corrected chi connectivity index (χ3v) is 3.08. The molecule has 12 nitrogen and oxygen atoms in total. The molecule has 0 saturated carbocycles. The molecule has 0 saturated heterocycles. The maximum Gasteiger partial charge on any atom is 0.325 e. The van der Waals surface area contributed by atoms with E-state index < -0.39 is 49.3 Å². The average Bonchev–Trinajstić information content (AvgIpc) is 2.55. The van der Waals surface area contributed by atoms with Crippen molar-refractivity contribution in [3.63, 3.8) is 0 Å². The van der Waals surface area contributed by atoms with Crippen molar-refractivity contribution in [3.8, 4) is 0 Å². The monoisotopic (exact) mass is 354 g/mol. The molecule has 0 bridgehead atoms. The zero-order chi connectivity index (χ0) is 18.9. The number of rotatable bonds is 11. The lowest BCUT2D eigenvalue weighted by Gasteiger charge is -2.28. The number of carbonyl (C=O) groups excluding carboxylic acids is 1. The lowest BCUT2D eigenvalue weighted by atomic mass is 10.0. The van der Waals surface area contributed by atoms with Gasteiger partial charge in [-0.2, -0.15) is 0 Å². The van der Waals surface area contributed by atoms with Gasteiger partial charge in [0.05, 0.1) is 6.61 Å². The van der Waals surface area contributed by atoms with E-state index in [9.17, 15) is 25.2 Å². The Morgan fingerprint density at radius 1 is 1.04 bits per heavy atom. The zero-order valence-corrected chi connectivity index (χ0v) is 13.0. The molecule has 0 aliphatic carbocycles. The van der Waals surface area contributed by atoms with Crippen molar-refractivity contribution in [1.29, 1.82) is 0 Å². The highest BCUT2D eigenvalue weighted by molar-refractivity contribution is 5.76. The molecular formula is C12H26N4O8. The van der Waals surface area contributed by atoms with Crippen molar-refractivity contribution in [2.24, 2.45) is 22.2 Å². The van der Waals surface area contributed by atoms with Gasteiger partial charge in [-0.15, -0.1) is 0 Å². The van der Waals surface area contributed by atoms with Crippen molar-refractivity contribution in [3.05, 3.63) is 0 Å². The van der Waals surface area contributed by atoms with E-state index >= 15 is 0 Å². The summed E-state index contributed by atoms with van der Waals surface area (Å²) in [6, 6.07) is -1.13. The van der Waals surface area contributed by atoms with E-state index in [4.69, 9.17) is 27.4 Å². The second-order valence-corrected chi connectivity index (χ2v) is 5.10. The summed E-state index contributed by atoms with van der Waals surface area (Å²) in [6.07, 6.45) is -9.63. The van der Waals surface area contributed by atoms with Crippen LogP contribution in [0.25, 0.3) is 0 Å². The van der Waals surface area contributed by atoms with Crippen LogP contribution in [0, 0.1) is 0 Å². The highest BCUT2D eigenvalue weighted by Crippen LogP contribution is 2.10. The third kappa shape index (κ3) is 7.83. The fourth-order valence-corrected chi connectivity index (χ4v) is 1.62. The molecule has 12 heteroatoms. The van der Waals surface area contributed by atoms with Gasteiger partial charge in [0, 0.05) is 6.54 Å². The summed E-state index contributed by atoms with van der Waals surface area (Å²) in [5.74, 6) is -1.17. The zero-order valence-electron chi connectivity index (χ0n) is 13.0. The predicted octanol–water partition coefficient (Wildman–Crippen LogP) is -5.34. The molecule has 0 aliphatic rings. The smallest absolute Gasteiger partial charge is 0.325 e. The molecule has 0 aromatic rings. The second-order valence-electron chi connectivity index (χ2n) is 5.10. The van der Waals surface area contributed by atoms with Gasteiger partial charge in [-0.3, -0.25) is 9.79 Å². The number of esters is 1. The van der Waals surface area contributed by atoms with Gasteiger partial charge in [-0.1, -0.05) is 0 Å². The normalized spacial score (nSPS) is 18.8. The molecule has 0 aromatic heterocycles. The maximum atomic E-state index is 11.6. The van der Waals surface area contributed by atoms with Gasteiger partial charge in [0.15, 0.2) is 5.96 Å². The van der Waals surface area contributed by atoms with E-state index in [1.807, 2.05) is 0 Å². The van der Waals surface area contributed by atoms with E-state index in [2.05, 4.69) is 9.73 Å². The Balaban J connectivity index is 4.39. The molecule has 0 amide bonds. The first-order chi connectivity index (χ1) is 11.1. The average molecular weight is 354 g/mol. The van der Waals surface area contributed by atoms with E-state index in [1.165, 1.54) is 0 Å². The first-order valence-corrected chi connectivity index (χ1v) is 7.14. The summed E-state index contributed by atoms with van der Waals surface area (Å²) >= 11 is 0. The highest BCUT2D eigenvalue weighted by Gasteiger charge is 2.36. The number of aliphatic hydroxyl groups excluding tert-OH is 6. The van der Waals surface area contributed by atoms with Crippen molar-refractivity contribution in [1.82, 2.24) is 0 Å². The molecule has 1 unspecified atom stereocenters. The predicted molar refractivity (Wildman–Crippen MR) is 81.1 cm³/mol. The summed E-state index contributed by atoms with van der Waals surface area (Å²) in [5, 5.41) is 55.9. The number of nitrogens with zero attached hydrogens (tertiary/aromatic N) is 1. The summed E-state index contributed by atoms with van der Waals surface area (Å²) in [6.45, 7) is -0.653. The van der Waals surface area contributed by atoms with Crippen LogP contribution in [0.5, 0.6) is 0 Å². The van der Waals surface area contributed by atoms with Crippen molar-refractivity contribution in [2.45, 2.75) is 49.6 Å². The Morgan fingerprint density at radius 3 is 2.12 bits per heavy atom. The number of hydrogen-bond donors (Lipinski definition) is 9. The molecule has 142 valence electrons. The van der Waals surface area contributed by atoms with Crippen LogP contribution in [0.15, 0.2) is 4.99 Å². The van der Waals surface area contributed by atoms with Gasteiger partial charge in [-0.25, -0.2) is 0 Å². The van der Waals surface area contributed by atoms with Gasteiger partial charge in [0.2, 0.25) is 6.29 Å². The molecule has 12 N–H and O–H groups in total. The number of carbonyl (C=O) groups is 1. The van der Waals surface area contributed by atoms with Crippen LogP contribution >= 0.6 is 0 Å². The number of ether oxygens (including phenoxy) is 1. The number of nitrogens with two attached hydrogens (primary N) is 3. The molecule has 24 heavy (non-hydrogen) atoms.